The maximum absolute atomic E-state index is 12.7. The fourth-order valence-corrected chi connectivity index (χ4v) is 6.89. The van der Waals surface area contributed by atoms with E-state index in [9.17, 15) is 4.79 Å². The number of aromatic nitrogens is 2. The van der Waals surface area contributed by atoms with Gasteiger partial charge in [0.15, 0.2) is 0 Å². The average molecular weight is 518 g/mol. The smallest absolute Gasteiger partial charge is 0.408 e. The number of amides is 1. The first-order valence-electron chi connectivity index (χ1n) is 12.1. The third-order valence-electron chi connectivity index (χ3n) is 6.32. The molecule has 4 aromatic rings. The Balaban J connectivity index is 1.49. The fourth-order valence-electron chi connectivity index (χ4n) is 5.12. The Hall–Kier alpha value is -3.03. The molecule has 5 rings (SSSR count). The van der Waals surface area contributed by atoms with E-state index in [0.717, 1.165) is 50.0 Å². The van der Waals surface area contributed by atoms with E-state index in [2.05, 4.69) is 72.7 Å². The van der Waals surface area contributed by atoms with Crippen molar-refractivity contribution in [2.45, 2.75) is 58.6 Å². The van der Waals surface area contributed by atoms with Crippen molar-refractivity contribution in [3.8, 4) is 31.6 Å². The van der Waals surface area contributed by atoms with Crippen LogP contribution in [0.4, 0.5) is 4.79 Å². The lowest BCUT2D eigenvalue weighted by atomic mass is 9.57. The fraction of sp³-hybridized carbons (Fsp3) is 0.345. The SMILES string of the molecule is CC1(C)CC(NC(=O)OC(C)(C)C)(c2ccc(-c3nc(-c4cncs4)sc3-c3ccccc3)cc2)C1. The summed E-state index contributed by atoms with van der Waals surface area (Å²) in [5.41, 5.74) is 5.28. The van der Waals surface area contributed by atoms with E-state index in [1.165, 1.54) is 0 Å². The lowest BCUT2D eigenvalue weighted by Crippen LogP contribution is -2.58. The average Bonchev–Trinajstić information content (AvgIpc) is 3.47. The van der Waals surface area contributed by atoms with E-state index in [-0.39, 0.29) is 11.5 Å². The van der Waals surface area contributed by atoms with Gasteiger partial charge < -0.3 is 10.1 Å². The molecule has 0 bridgehead atoms. The summed E-state index contributed by atoms with van der Waals surface area (Å²) in [7, 11) is 0. The molecule has 186 valence electrons. The summed E-state index contributed by atoms with van der Waals surface area (Å²) in [6, 6.07) is 18.9. The van der Waals surface area contributed by atoms with E-state index in [1.807, 2.05) is 38.5 Å². The highest BCUT2D eigenvalue weighted by atomic mass is 32.1. The molecule has 1 aliphatic carbocycles. The molecule has 7 heteroatoms. The van der Waals surface area contributed by atoms with Gasteiger partial charge in [-0.15, -0.1) is 22.7 Å². The first kappa shape index (κ1) is 24.7. The van der Waals surface area contributed by atoms with Crippen LogP contribution in [0.5, 0.6) is 0 Å². The van der Waals surface area contributed by atoms with Gasteiger partial charge in [-0.1, -0.05) is 68.4 Å². The van der Waals surface area contributed by atoms with Crippen LogP contribution < -0.4 is 5.32 Å². The summed E-state index contributed by atoms with van der Waals surface area (Å²) in [6.07, 6.45) is 3.22. The molecule has 1 fully saturated rings. The monoisotopic (exact) mass is 517 g/mol. The second-order valence-electron chi connectivity index (χ2n) is 11.2. The number of hydrogen-bond donors (Lipinski definition) is 1. The van der Waals surface area contributed by atoms with Crippen molar-refractivity contribution in [1.82, 2.24) is 15.3 Å². The van der Waals surface area contributed by atoms with E-state index in [0.29, 0.717) is 0 Å². The largest absolute Gasteiger partial charge is 0.444 e. The number of hydrogen-bond acceptors (Lipinski definition) is 6. The van der Waals surface area contributed by atoms with E-state index in [4.69, 9.17) is 9.72 Å². The van der Waals surface area contributed by atoms with Crippen LogP contribution in [-0.2, 0) is 10.3 Å². The minimum atomic E-state index is -0.539. The quantitative estimate of drug-likeness (QED) is 0.290. The predicted octanol–water partition coefficient (Wildman–Crippen LogP) is 8.14. The van der Waals surface area contributed by atoms with Gasteiger partial charge in [-0.25, -0.2) is 9.78 Å². The number of alkyl carbamates (subject to hydrolysis) is 1. The zero-order valence-corrected chi connectivity index (χ0v) is 22.9. The lowest BCUT2D eigenvalue weighted by Gasteiger charge is -2.53. The lowest BCUT2D eigenvalue weighted by molar-refractivity contribution is 0.00298. The van der Waals surface area contributed by atoms with Gasteiger partial charge in [0.25, 0.3) is 0 Å². The normalized spacial score (nSPS) is 16.2. The minimum Gasteiger partial charge on any atom is -0.444 e. The maximum atomic E-state index is 12.7. The predicted molar refractivity (Wildman–Crippen MR) is 148 cm³/mol. The standard InChI is InChI=1S/C29H31N3O2S2/c1-27(2,3)34-26(33)32-29(16-28(4,5)17-29)21-13-11-19(12-14-21)23-24(20-9-7-6-8-10-20)36-25(31-23)22-15-30-18-35-22/h6-15,18H,16-17H2,1-5H3,(H,32,33). The summed E-state index contributed by atoms with van der Waals surface area (Å²) in [6.45, 7) is 10.1. The van der Waals surface area contributed by atoms with Crippen LogP contribution >= 0.6 is 22.7 Å². The molecule has 1 amide bonds. The molecular weight excluding hydrogens is 486 g/mol. The zero-order chi connectivity index (χ0) is 25.6. The molecule has 0 radical (unpaired) electrons. The molecule has 1 N–H and O–H groups in total. The number of nitrogens with one attached hydrogen (secondary N) is 1. The Bertz CT molecular complexity index is 1340. The maximum Gasteiger partial charge on any atom is 0.408 e. The molecule has 0 unspecified atom stereocenters. The van der Waals surface area contributed by atoms with Gasteiger partial charge >= 0.3 is 6.09 Å². The van der Waals surface area contributed by atoms with E-state index in [1.54, 1.807) is 22.7 Å². The number of ether oxygens (including phenoxy) is 1. The van der Waals surface area contributed by atoms with Crippen LogP contribution in [0.3, 0.4) is 0 Å². The highest BCUT2D eigenvalue weighted by Crippen LogP contribution is 2.54. The Morgan fingerprint density at radius 3 is 2.28 bits per heavy atom. The third-order valence-corrected chi connectivity index (χ3v) is 8.36. The van der Waals surface area contributed by atoms with Crippen LogP contribution in [0.25, 0.3) is 31.6 Å². The van der Waals surface area contributed by atoms with Crippen LogP contribution in [0.2, 0.25) is 0 Å². The summed E-state index contributed by atoms with van der Waals surface area (Å²) < 4.78 is 5.59. The van der Waals surface area contributed by atoms with Crippen molar-refractivity contribution < 1.29 is 9.53 Å². The molecule has 1 aliphatic rings. The Morgan fingerprint density at radius 1 is 1.00 bits per heavy atom. The summed E-state index contributed by atoms with van der Waals surface area (Å²) in [4.78, 5) is 24.2. The Labute approximate surface area is 220 Å². The number of rotatable bonds is 5. The first-order chi connectivity index (χ1) is 17.0. The third kappa shape index (κ3) is 5.08. The molecule has 0 atom stereocenters. The van der Waals surface area contributed by atoms with Crippen LogP contribution in [0, 0.1) is 5.41 Å². The van der Waals surface area contributed by atoms with Gasteiger partial charge in [0.1, 0.15) is 10.6 Å². The number of thiazole rings is 2. The van der Waals surface area contributed by atoms with E-state index >= 15 is 0 Å². The number of nitrogens with zero attached hydrogens (tertiary/aromatic N) is 2. The van der Waals surface area contributed by atoms with Crippen molar-refractivity contribution in [3.05, 3.63) is 71.9 Å². The van der Waals surface area contributed by atoms with Crippen LogP contribution in [0.15, 0.2) is 66.3 Å². The molecule has 1 saturated carbocycles. The molecule has 0 aliphatic heterocycles. The van der Waals surface area contributed by atoms with Gasteiger partial charge in [-0.3, -0.25) is 4.98 Å². The van der Waals surface area contributed by atoms with Crippen LogP contribution in [0.1, 0.15) is 53.0 Å². The van der Waals surface area contributed by atoms with Crippen molar-refractivity contribution in [2.24, 2.45) is 5.41 Å². The summed E-state index contributed by atoms with van der Waals surface area (Å²) in [5.74, 6) is 0. The van der Waals surface area contributed by atoms with Gasteiger partial charge in [0.05, 0.1) is 26.5 Å². The summed E-state index contributed by atoms with van der Waals surface area (Å²) in [5, 5.41) is 4.17. The molecule has 2 heterocycles. The van der Waals surface area contributed by atoms with Crippen molar-refractivity contribution >= 4 is 28.8 Å². The van der Waals surface area contributed by atoms with Gasteiger partial charge in [-0.2, -0.15) is 0 Å². The minimum absolute atomic E-state index is 0.159. The first-order valence-corrected chi connectivity index (χ1v) is 13.8. The molecule has 5 nitrogen and oxygen atoms in total. The van der Waals surface area contributed by atoms with Crippen molar-refractivity contribution in [2.75, 3.05) is 0 Å². The van der Waals surface area contributed by atoms with Crippen molar-refractivity contribution in [3.63, 3.8) is 0 Å². The second kappa shape index (κ2) is 9.12. The number of benzene rings is 2. The Kier molecular flexibility index (Phi) is 6.25. The molecule has 0 spiro atoms. The highest BCUT2D eigenvalue weighted by Gasteiger charge is 2.51. The molecule has 2 aromatic carbocycles. The molecule has 0 saturated heterocycles. The molecule has 36 heavy (non-hydrogen) atoms. The highest BCUT2D eigenvalue weighted by molar-refractivity contribution is 7.23. The van der Waals surface area contributed by atoms with Crippen molar-refractivity contribution in [1.29, 1.82) is 0 Å². The Morgan fingerprint density at radius 2 is 1.69 bits per heavy atom. The second-order valence-corrected chi connectivity index (χ2v) is 13.1. The zero-order valence-electron chi connectivity index (χ0n) is 21.3. The topological polar surface area (TPSA) is 64.1 Å². The molecular formula is C29H31N3O2S2. The van der Waals surface area contributed by atoms with Gasteiger partial charge in [0.2, 0.25) is 0 Å². The van der Waals surface area contributed by atoms with E-state index < -0.39 is 11.1 Å². The number of carbonyl (C=O) groups is 1. The van der Waals surface area contributed by atoms with Crippen LogP contribution in [-0.4, -0.2) is 21.7 Å². The van der Waals surface area contributed by atoms with Gasteiger partial charge in [0, 0.05) is 11.8 Å². The number of carbonyl (C=O) groups excluding carboxylic acids is 1. The summed E-state index contributed by atoms with van der Waals surface area (Å²) >= 11 is 3.29. The van der Waals surface area contributed by atoms with Gasteiger partial charge in [-0.05, 0) is 50.2 Å². The molecule has 2 aromatic heterocycles.